The molecule has 0 radical (unpaired) electrons. The van der Waals surface area contributed by atoms with E-state index in [1.165, 1.54) is 38.8 Å². The Labute approximate surface area is 95.2 Å². The predicted octanol–water partition coefficient (Wildman–Crippen LogP) is 2.34. The fourth-order valence-corrected chi connectivity index (χ4v) is 2.23. The standard InChI is InChI=1S/C13H28N2/c1-11(2)13(9-14)10-15(3)8-7-12-5-4-6-12/h11-13H,4-10,14H2,1-3H3. The first-order chi connectivity index (χ1) is 7.13. The van der Waals surface area contributed by atoms with E-state index in [2.05, 4.69) is 25.8 Å². The molecule has 0 amide bonds. The Hall–Kier alpha value is -0.0800. The second kappa shape index (κ2) is 6.49. The Morgan fingerprint density at radius 3 is 2.40 bits per heavy atom. The molecule has 0 aromatic carbocycles. The smallest absolute Gasteiger partial charge is 0.00211 e. The summed E-state index contributed by atoms with van der Waals surface area (Å²) < 4.78 is 0. The molecule has 0 aromatic rings. The molecule has 2 nitrogen and oxygen atoms in total. The lowest BCUT2D eigenvalue weighted by atomic mass is 9.83. The molecular weight excluding hydrogens is 184 g/mol. The average Bonchev–Trinajstić information content (AvgIpc) is 2.11. The van der Waals surface area contributed by atoms with Gasteiger partial charge in [-0.2, -0.15) is 0 Å². The summed E-state index contributed by atoms with van der Waals surface area (Å²) >= 11 is 0. The van der Waals surface area contributed by atoms with E-state index in [9.17, 15) is 0 Å². The summed E-state index contributed by atoms with van der Waals surface area (Å²) in [5.41, 5.74) is 5.79. The van der Waals surface area contributed by atoms with E-state index < -0.39 is 0 Å². The van der Waals surface area contributed by atoms with E-state index >= 15 is 0 Å². The van der Waals surface area contributed by atoms with Crippen LogP contribution in [0.25, 0.3) is 0 Å². The van der Waals surface area contributed by atoms with Crippen LogP contribution in [0.1, 0.15) is 39.5 Å². The molecule has 0 aromatic heterocycles. The van der Waals surface area contributed by atoms with Crippen molar-refractivity contribution in [2.24, 2.45) is 23.5 Å². The average molecular weight is 212 g/mol. The van der Waals surface area contributed by atoms with Crippen LogP contribution < -0.4 is 5.73 Å². The van der Waals surface area contributed by atoms with E-state index in [1.54, 1.807) is 0 Å². The molecule has 2 heteroatoms. The molecule has 1 fully saturated rings. The van der Waals surface area contributed by atoms with Gasteiger partial charge in [-0.1, -0.05) is 33.1 Å². The van der Waals surface area contributed by atoms with Crippen molar-refractivity contribution in [3.63, 3.8) is 0 Å². The zero-order valence-corrected chi connectivity index (χ0v) is 10.7. The van der Waals surface area contributed by atoms with Gasteiger partial charge in [0.15, 0.2) is 0 Å². The minimum Gasteiger partial charge on any atom is -0.330 e. The van der Waals surface area contributed by atoms with Crippen LogP contribution in [0.3, 0.4) is 0 Å². The van der Waals surface area contributed by atoms with Crippen LogP contribution in [-0.2, 0) is 0 Å². The Bertz CT molecular complexity index is 164. The quantitative estimate of drug-likeness (QED) is 0.702. The fourth-order valence-electron chi connectivity index (χ4n) is 2.23. The number of nitrogens with two attached hydrogens (primary N) is 1. The van der Waals surface area contributed by atoms with Crippen LogP contribution in [0.15, 0.2) is 0 Å². The maximum atomic E-state index is 5.79. The monoisotopic (exact) mass is 212 g/mol. The van der Waals surface area contributed by atoms with Crippen molar-refractivity contribution in [2.45, 2.75) is 39.5 Å². The lowest BCUT2D eigenvalue weighted by Crippen LogP contribution is -2.34. The molecule has 1 rings (SSSR count). The molecule has 1 aliphatic rings. The van der Waals surface area contributed by atoms with Gasteiger partial charge in [0.1, 0.15) is 0 Å². The van der Waals surface area contributed by atoms with E-state index in [-0.39, 0.29) is 0 Å². The fraction of sp³-hybridized carbons (Fsp3) is 1.00. The first kappa shape index (κ1) is 13.0. The van der Waals surface area contributed by atoms with Crippen molar-refractivity contribution in [3.8, 4) is 0 Å². The summed E-state index contributed by atoms with van der Waals surface area (Å²) in [5.74, 6) is 2.40. The first-order valence-corrected chi connectivity index (χ1v) is 6.52. The molecule has 1 atom stereocenters. The van der Waals surface area contributed by atoms with E-state index in [0.29, 0.717) is 11.8 Å². The molecule has 0 bridgehead atoms. The zero-order chi connectivity index (χ0) is 11.3. The molecule has 90 valence electrons. The van der Waals surface area contributed by atoms with Gasteiger partial charge in [-0.3, -0.25) is 0 Å². The maximum Gasteiger partial charge on any atom is 0.00211 e. The van der Waals surface area contributed by atoms with Crippen molar-refractivity contribution in [3.05, 3.63) is 0 Å². The molecule has 2 N–H and O–H groups in total. The van der Waals surface area contributed by atoms with Gasteiger partial charge in [-0.25, -0.2) is 0 Å². The number of hydrogen-bond acceptors (Lipinski definition) is 2. The van der Waals surface area contributed by atoms with Crippen LogP contribution in [0.4, 0.5) is 0 Å². The van der Waals surface area contributed by atoms with Crippen LogP contribution in [0, 0.1) is 17.8 Å². The molecule has 1 unspecified atom stereocenters. The SMILES string of the molecule is CC(C)C(CN)CN(C)CCC1CCC1. The molecule has 0 spiro atoms. The highest BCUT2D eigenvalue weighted by Crippen LogP contribution is 2.29. The molecule has 0 saturated heterocycles. The summed E-state index contributed by atoms with van der Waals surface area (Å²) in [6.45, 7) is 7.80. The number of nitrogens with zero attached hydrogens (tertiary/aromatic N) is 1. The topological polar surface area (TPSA) is 29.3 Å². The summed E-state index contributed by atoms with van der Waals surface area (Å²) in [6.07, 6.45) is 5.80. The van der Waals surface area contributed by atoms with E-state index in [1.807, 2.05) is 0 Å². The van der Waals surface area contributed by atoms with Gasteiger partial charge < -0.3 is 10.6 Å². The molecule has 15 heavy (non-hydrogen) atoms. The van der Waals surface area contributed by atoms with Crippen molar-refractivity contribution in [1.82, 2.24) is 4.90 Å². The van der Waals surface area contributed by atoms with Gasteiger partial charge in [0, 0.05) is 6.54 Å². The minimum absolute atomic E-state index is 0.663. The third-order valence-corrected chi connectivity index (χ3v) is 3.94. The Morgan fingerprint density at radius 1 is 1.33 bits per heavy atom. The maximum absolute atomic E-state index is 5.79. The third kappa shape index (κ3) is 4.52. The van der Waals surface area contributed by atoms with Crippen LogP contribution in [-0.4, -0.2) is 31.6 Å². The largest absolute Gasteiger partial charge is 0.330 e. The lowest BCUT2D eigenvalue weighted by Gasteiger charge is -2.30. The number of hydrogen-bond donors (Lipinski definition) is 1. The summed E-state index contributed by atoms with van der Waals surface area (Å²) in [7, 11) is 2.24. The Kier molecular flexibility index (Phi) is 5.62. The summed E-state index contributed by atoms with van der Waals surface area (Å²) in [5, 5.41) is 0. The van der Waals surface area contributed by atoms with Crippen molar-refractivity contribution in [2.75, 3.05) is 26.7 Å². The van der Waals surface area contributed by atoms with Crippen molar-refractivity contribution >= 4 is 0 Å². The highest BCUT2D eigenvalue weighted by atomic mass is 15.1. The van der Waals surface area contributed by atoms with Crippen molar-refractivity contribution < 1.29 is 0 Å². The highest BCUT2D eigenvalue weighted by molar-refractivity contribution is 4.72. The van der Waals surface area contributed by atoms with Gasteiger partial charge >= 0.3 is 0 Å². The van der Waals surface area contributed by atoms with Gasteiger partial charge in [0.25, 0.3) is 0 Å². The molecule has 0 heterocycles. The van der Waals surface area contributed by atoms with E-state index in [0.717, 1.165) is 12.5 Å². The van der Waals surface area contributed by atoms with Crippen LogP contribution in [0.2, 0.25) is 0 Å². The molecule has 1 aliphatic carbocycles. The number of rotatable bonds is 7. The van der Waals surface area contributed by atoms with Crippen molar-refractivity contribution in [1.29, 1.82) is 0 Å². The van der Waals surface area contributed by atoms with E-state index in [4.69, 9.17) is 5.73 Å². The lowest BCUT2D eigenvalue weighted by molar-refractivity contribution is 0.202. The normalized spacial score (nSPS) is 19.6. The third-order valence-electron chi connectivity index (χ3n) is 3.94. The first-order valence-electron chi connectivity index (χ1n) is 6.52. The minimum atomic E-state index is 0.663. The summed E-state index contributed by atoms with van der Waals surface area (Å²) in [6, 6.07) is 0. The Balaban J connectivity index is 2.12. The van der Waals surface area contributed by atoms with Gasteiger partial charge in [-0.05, 0) is 44.3 Å². The predicted molar refractivity (Wildman–Crippen MR) is 66.8 cm³/mol. The van der Waals surface area contributed by atoms with Crippen LogP contribution >= 0.6 is 0 Å². The second-order valence-electron chi connectivity index (χ2n) is 5.59. The van der Waals surface area contributed by atoms with Gasteiger partial charge in [0.05, 0.1) is 0 Å². The van der Waals surface area contributed by atoms with Gasteiger partial charge in [0.2, 0.25) is 0 Å². The van der Waals surface area contributed by atoms with Crippen LogP contribution in [0.5, 0.6) is 0 Å². The summed E-state index contributed by atoms with van der Waals surface area (Å²) in [4.78, 5) is 2.47. The molecular formula is C13H28N2. The van der Waals surface area contributed by atoms with Gasteiger partial charge in [-0.15, -0.1) is 0 Å². The molecule has 0 aliphatic heterocycles. The highest BCUT2D eigenvalue weighted by Gasteiger charge is 2.19. The molecule has 1 saturated carbocycles. The Morgan fingerprint density at radius 2 is 2.00 bits per heavy atom. The zero-order valence-electron chi connectivity index (χ0n) is 10.7. The second-order valence-corrected chi connectivity index (χ2v) is 5.59.